The second kappa shape index (κ2) is 8.29. The number of fused-ring (bicyclic) bond motifs is 1. The molecule has 2 aliphatic carbocycles. The lowest BCUT2D eigenvalue weighted by molar-refractivity contribution is -0.141. The van der Waals surface area contributed by atoms with Crippen molar-refractivity contribution in [3.05, 3.63) is 70.6 Å². The van der Waals surface area contributed by atoms with E-state index in [2.05, 4.69) is 11.1 Å². The summed E-state index contributed by atoms with van der Waals surface area (Å²) >= 11 is 0. The van der Waals surface area contributed by atoms with Crippen molar-refractivity contribution in [3.8, 4) is 0 Å². The van der Waals surface area contributed by atoms with Crippen molar-refractivity contribution in [1.29, 1.82) is 0 Å². The number of aliphatic hydroxyl groups excluding tert-OH is 1. The predicted molar refractivity (Wildman–Crippen MR) is 118 cm³/mol. The molecule has 1 aromatic carbocycles. The largest absolute Gasteiger partial charge is 0.507 e. The highest BCUT2D eigenvalue weighted by Gasteiger charge is 2.49. The van der Waals surface area contributed by atoms with Crippen LogP contribution in [-0.2, 0) is 22.4 Å². The third kappa shape index (κ3) is 3.56. The van der Waals surface area contributed by atoms with Crippen molar-refractivity contribution in [2.75, 3.05) is 0 Å². The van der Waals surface area contributed by atoms with Crippen LogP contribution in [0.3, 0.4) is 0 Å². The molecule has 1 amide bonds. The van der Waals surface area contributed by atoms with Crippen molar-refractivity contribution >= 4 is 17.4 Å². The van der Waals surface area contributed by atoms with Crippen molar-refractivity contribution in [2.24, 2.45) is 0 Å². The summed E-state index contributed by atoms with van der Waals surface area (Å²) in [5.41, 5.74) is 4.13. The minimum absolute atomic E-state index is 0.0178. The molecule has 0 spiro atoms. The van der Waals surface area contributed by atoms with Gasteiger partial charge in [-0.3, -0.25) is 14.6 Å². The molecule has 1 N–H and O–H groups in total. The molecule has 5 nitrogen and oxygen atoms in total. The van der Waals surface area contributed by atoms with Gasteiger partial charge in [0.2, 0.25) is 0 Å². The summed E-state index contributed by atoms with van der Waals surface area (Å²) in [6.07, 6.45) is 12.8. The number of Topliss-reactive ketones (excluding diaryl/α,β-unsaturated/α-hetero) is 1. The monoisotopic (exact) mass is 416 g/mol. The number of carbonyl (C=O) groups is 2. The van der Waals surface area contributed by atoms with Gasteiger partial charge in [0.15, 0.2) is 0 Å². The molecule has 1 unspecified atom stereocenters. The number of benzene rings is 1. The highest BCUT2D eigenvalue weighted by molar-refractivity contribution is 6.46. The average Bonchev–Trinajstić information content (AvgIpc) is 3.10. The van der Waals surface area contributed by atoms with Crippen molar-refractivity contribution in [1.82, 2.24) is 9.88 Å². The Bertz CT molecular complexity index is 1040. The Morgan fingerprint density at radius 1 is 0.968 bits per heavy atom. The van der Waals surface area contributed by atoms with Gasteiger partial charge in [0.05, 0.1) is 11.6 Å². The van der Waals surface area contributed by atoms with Crippen LogP contribution in [-0.4, -0.2) is 32.7 Å². The Morgan fingerprint density at radius 2 is 1.74 bits per heavy atom. The smallest absolute Gasteiger partial charge is 0.295 e. The summed E-state index contributed by atoms with van der Waals surface area (Å²) in [6.45, 7) is 0. The second-order valence-corrected chi connectivity index (χ2v) is 8.98. The van der Waals surface area contributed by atoms with E-state index in [1.165, 1.54) is 17.5 Å². The number of amides is 1. The number of hydrogen-bond donors (Lipinski definition) is 1. The number of aryl methyl sites for hydroxylation is 2. The number of hydrogen-bond acceptors (Lipinski definition) is 4. The molecule has 1 aliphatic heterocycles. The Labute approximate surface area is 182 Å². The van der Waals surface area contributed by atoms with Crippen LogP contribution in [0.4, 0.5) is 0 Å². The van der Waals surface area contributed by atoms with Crippen LogP contribution in [0.15, 0.2) is 48.3 Å². The van der Waals surface area contributed by atoms with Gasteiger partial charge in [-0.05, 0) is 67.3 Å². The van der Waals surface area contributed by atoms with Crippen molar-refractivity contribution < 1.29 is 14.7 Å². The Morgan fingerprint density at radius 3 is 2.48 bits per heavy atom. The fourth-order valence-corrected chi connectivity index (χ4v) is 5.49. The molecule has 31 heavy (non-hydrogen) atoms. The van der Waals surface area contributed by atoms with E-state index in [0.29, 0.717) is 5.56 Å². The van der Waals surface area contributed by atoms with Gasteiger partial charge in [0, 0.05) is 24.0 Å². The van der Waals surface area contributed by atoms with E-state index in [0.717, 1.165) is 56.9 Å². The molecule has 5 heteroatoms. The van der Waals surface area contributed by atoms with E-state index >= 15 is 0 Å². The van der Waals surface area contributed by atoms with Crippen LogP contribution in [0.1, 0.15) is 73.2 Å². The molecule has 2 aromatic rings. The number of nitrogens with zero attached hydrogens (tertiary/aromatic N) is 2. The molecule has 160 valence electrons. The highest BCUT2D eigenvalue weighted by atomic mass is 16.3. The number of ketones is 1. The van der Waals surface area contributed by atoms with Crippen LogP contribution in [0.5, 0.6) is 0 Å². The zero-order valence-corrected chi connectivity index (χ0v) is 17.7. The molecule has 1 saturated carbocycles. The highest BCUT2D eigenvalue weighted by Crippen LogP contribution is 2.43. The maximum atomic E-state index is 13.2. The van der Waals surface area contributed by atoms with Gasteiger partial charge < -0.3 is 10.0 Å². The first-order chi connectivity index (χ1) is 15.1. The zero-order chi connectivity index (χ0) is 21.4. The lowest BCUT2D eigenvalue weighted by Crippen LogP contribution is -2.40. The normalized spacial score (nSPS) is 23.7. The number of aromatic nitrogens is 1. The summed E-state index contributed by atoms with van der Waals surface area (Å²) in [6, 6.07) is 9.07. The molecule has 1 aromatic heterocycles. The number of pyridine rings is 1. The minimum Gasteiger partial charge on any atom is -0.507 e. The third-order valence-corrected chi connectivity index (χ3v) is 7.07. The summed E-state index contributed by atoms with van der Waals surface area (Å²) in [4.78, 5) is 32.3. The predicted octanol–water partition coefficient (Wildman–Crippen LogP) is 4.71. The fourth-order valence-electron chi connectivity index (χ4n) is 5.49. The topological polar surface area (TPSA) is 70.5 Å². The molecule has 1 saturated heterocycles. The molecule has 5 rings (SSSR count). The number of carbonyl (C=O) groups excluding carboxylic acids is 2. The van der Waals surface area contributed by atoms with E-state index in [9.17, 15) is 14.7 Å². The minimum atomic E-state index is -0.590. The molecular formula is C26H28N2O3. The molecule has 0 radical (unpaired) electrons. The number of likely N-dealkylation sites (tertiary alicyclic amines) is 1. The maximum Gasteiger partial charge on any atom is 0.295 e. The van der Waals surface area contributed by atoms with Crippen LogP contribution >= 0.6 is 0 Å². The van der Waals surface area contributed by atoms with E-state index < -0.39 is 17.7 Å². The van der Waals surface area contributed by atoms with Gasteiger partial charge in [0.1, 0.15) is 5.76 Å². The van der Waals surface area contributed by atoms with Gasteiger partial charge >= 0.3 is 0 Å². The summed E-state index contributed by atoms with van der Waals surface area (Å²) in [5, 5.41) is 11.3. The Hall–Kier alpha value is -2.95. The first kappa shape index (κ1) is 20.0. The van der Waals surface area contributed by atoms with Gasteiger partial charge in [-0.1, -0.05) is 37.5 Å². The van der Waals surface area contributed by atoms with E-state index in [1.54, 1.807) is 17.3 Å². The Kier molecular flexibility index (Phi) is 5.34. The average molecular weight is 417 g/mol. The number of aliphatic hydroxyl groups is 1. The van der Waals surface area contributed by atoms with Crippen LogP contribution < -0.4 is 0 Å². The summed E-state index contributed by atoms with van der Waals surface area (Å²) < 4.78 is 0. The first-order valence-electron chi connectivity index (χ1n) is 11.5. The van der Waals surface area contributed by atoms with Crippen molar-refractivity contribution in [3.63, 3.8) is 0 Å². The molecular weight excluding hydrogens is 388 g/mol. The van der Waals surface area contributed by atoms with Crippen LogP contribution in [0.2, 0.25) is 0 Å². The molecule has 2 fully saturated rings. The molecule has 2 heterocycles. The summed E-state index contributed by atoms with van der Waals surface area (Å²) in [7, 11) is 0. The fraction of sp³-hybridized carbons (Fsp3) is 0.423. The van der Waals surface area contributed by atoms with E-state index in [4.69, 9.17) is 0 Å². The lowest BCUT2D eigenvalue weighted by Gasteiger charge is -2.35. The molecule has 0 bridgehead atoms. The van der Waals surface area contributed by atoms with Crippen molar-refractivity contribution in [2.45, 2.75) is 69.9 Å². The SMILES string of the molecule is O=C1C(=O)N(C2CCCCC2)C(c2cccnc2)/C1=C(/O)c1ccc2c(c1)CCCC2. The Balaban J connectivity index is 1.63. The summed E-state index contributed by atoms with van der Waals surface area (Å²) in [5.74, 6) is -1.16. The van der Waals surface area contributed by atoms with Crippen LogP contribution in [0, 0.1) is 0 Å². The van der Waals surface area contributed by atoms with E-state index in [-0.39, 0.29) is 17.4 Å². The quantitative estimate of drug-likeness (QED) is 0.447. The van der Waals surface area contributed by atoms with Crippen LogP contribution in [0.25, 0.3) is 5.76 Å². The second-order valence-electron chi connectivity index (χ2n) is 8.98. The van der Waals surface area contributed by atoms with Gasteiger partial charge in [-0.15, -0.1) is 0 Å². The molecule has 1 atom stereocenters. The third-order valence-electron chi connectivity index (χ3n) is 7.07. The van der Waals surface area contributed by atoms with Gasteiger partial charge in [0.25, 0.3) is 11.7 Å². The van der Waals surface area contributed by atoms with Gasteiger partial charge in [-0.2, -0.15) is 0 Å². The molecule has 3 aliphatic rings. The maximum absolute atomic E-state index is 13.2. The standard InChI is InChI=1S/C26H28N2O3/c29-24(19-13-12-17-7-4-5-8-18(17)15-19)22-23(20-9-6-14-27-16-20)28(26(31)25(22)30)21-10-2-1-3-11-21/h6,9,12-16,21,23,29H,1-5,7-8,10-11H2/b24-22-. The van der Waals surface area contributed by atoms with E-state index in [1.807, 2.05) is 24.3 Å². The lowest BCUT2D eigenvalue weighted by atomic mass is 9.88. The number of rotatable bonds is 3. The zero-order valence-electron chi connectivity index (χ0n) is 17.7. The first-order valence-corrected chi connectivity index (χ1v) is 11.5. The van der Waals surface area contributed by atoms with Gasteiger partial charge in [-0.25, -0.2) is 0 Å².